The minimum Gasteiger partial charge on any atom is -0.475 e. The zero-order valence-electron chi connectivity index (χ0n) is 48.0. The molecule has 26 heteroatoms. The molecule has 448 valence electrons. The number of carboxylic acid groups (broad SMARTS) is 2. The molecule has 2 saturated heterocycles. The number of aliphatic carboxylic acids is 2. The number of carbonyl (C=O) groups excluding carboxylic acids is 6. The van der Waals surface area contributed by atoms with Crippen LogP contribution in [0.5, 0.6) is 0 Å². The van der Waals surface area contributed by atoms with E-state index in [1.54, 1.807) is 86.5 Å². The number of pyridine rings is 2. The van der Waals surface area contributed by atoms with E-state index < -0.39 is 41.4 Å². The second-order valence-electron chi connectivity index (χ2n) is 21.5. The van der Waals surface area contributed by atoms with Gasteiger partial charge in [-0.1, -0.05) is 53.7 Å². The molecule has 2 aliphatic heterocycles. The predicted molar refractivity (Wildman–Crippen MR) is 295 cm³/mol. The Kier molecular flexibility index (Phi) is 23.4. The molecule has 0 saturated carbocycles. The van der Waals surface area contributed by atoms with Crippen molar-refractivity contribution >= 4 is 70.4 Å². The molecule has 2 aromatic heterocycles. The summed E-state index contributed by atoms with van der Waals surface area (Å²) in [5.41, 5.74) is 3.54. The highest BCUT2D eigenvalue weighted by Gasteiger charge is 2.53. The van der Waals surface area contributed by atoms with Crippen LogP contribution in [0, 0.1) is 0 Å². The number of halogens is 6. The normalized spacial score (nSPS) is 15.0. The van der Waals surface area contributed by atoms with Gasteiger partial charge >= 0.3 is 36.4 Å². The van der Waals surface area contributed by atoms with Crippen LogP contribution in [0.25, 0.3) is 0 Å². The monoisotopic (exact) mass is 1160 g/mol. The smallest absolute Gasteiger partial charge is 0.475 e. The van der Waals surface area contributed by atoms with Gasteiger partial charge in [-0.25, -0.2) is 29.0 Å². The highest BCUT2D eigenvalue weighted by molar-refractivity contribution is 6.24. The van der Waals surface area contributed by atoms with Gasteiger partial charge in [0.15, 0.2) is 0 Å². The predicted octanol–water partition coefficient (Wildman–Crippen LogP) is 9.78. The Morgan fingerprint density at radius 1 is 0.585 bits per heavy atom. The summed E-state index contributed by atoms with van der Waals surface area (Å²) in [6.07, 6.45) is -3.51. The number of urea groups is 2. The molecular formula is C56H72F6N10O10. The highest BCUT2D eigenvalue weighted by Crippen LogP contribution is 2.38. The van der Waals surface area contributed by atoms with Crippen LogP contribution in [0.4, 0.5) is 58.7 Å². The number of hydrogen-bond acceptors (Lipinski definition) is 12. The molecule has 2 aliphatic rings. The van der Waals surface area contributed by atoms with E-state index in [-0.39, 0.29) is 60.1 Å². The van der Waals surface area contributed by atoms with Crippen LogP contribution in [0.3, 0.4) is 0 Å². The Balaban J connectivity index is 0.000000349. The highest BCUT2D eigenvalue weighted by atomic mass is 19.4. The van der Waals surface area contributed by atoms with E-state index in [4.69, 9.17) is 19.8 Å². The number of imide groups is 2. The summed E-state index contributed by atoms with van der Waals surface area (Å²) < 4.78 is 63.5. The third kappa shape index (κ3) is 18.5. The Hall–Kier alpha value is -8.00. The molecule has 0 spiro atoms. The minimum atomic E-state index is -5.08. The van der Waals surface area contributed by atoms with Gasteiger partial charge in [0, 0.05) is 54.8 Å². The van der Waals surface area contributed by atoms with Gasteiger partial charge in [0.25, 0.3) is 11.8 Å². The summed E-state index contributed by atoms with van der Waals surface area (Å²) in [6.45, 7) is 27.7. The molecule has 2 fully saturated rings. The molecule has 6 rings (SSSR count). The lowest BCUT2D eigenvalue weighted by molar-refractivity contribution is -0.193. The topological polar surface area (TPSA) is 255 Å². The van der Waals surface area contributed by atoms with Crippen molar-refractivity contribution in [3.8, 4) is 0 Å². The summed E-state index contributed by atoms with van der Waals surface area (Å²) >= 11 is 0. The summed E-state index contributed by atoms with van der Waals surface area (Å²) in [4.78, 5) is 112. The average Bonchev–Trinajstić information content (AvgIpc) is 3.23. The number of amides is 8. The zero-order valence-corrected chi connectivity index (χ0v) is 48.0. The molecule has 4 aromatic rings. The molecule has 0 unspecified atom stereocenters. The van der Waals surface area contributed by atoms with E-state index in [0.29, 0.717) is 35.8 Å². The number of benzene rings is 2. The second-order valence-corrected chi connectivity index (χ2v) is 21.5. The Morgan fingerprint density at radius 2 is 0.915 bits per heavy atom. The van der Waals surface area contributed by atoms with Crippen LogP contribution < -0.4 is 25.8 Å². The molecule has 82 heavy (non-hydrogen) atoms. The van der Waals surface area contributed by atoms with Crippen LogP contribution in [0.1, 0.15) is 124 Å². The molecule has 0 radical (unpaired) electrons. The fraction of sp³-hybridized carbons (Fsp3) is 0.464. The quantitative estimate of drug-likeness (QED) is 0.0517. The zero-order chi connectivity index (χ0) is 62.5. The van der Waals surface area contributed by atoms with Crippen molar-refractivity contribution in [1.82, 2.24) is 30.0 Å². The van der Waals surface area contributed by atoms with Crippen molar-refractivity contribution in [1.29, 1.82) is 0 Å². The third-order valence-electron chi connectivity index (χ3n) is 12.7. The summed E-state index contributed by atoms with van der Waals surface area (Å²) in [6, 6.07) is 17.3. The molecule has 0 bridgehead atoms. The first-order chi connectivity index (χ1) is 37.8. The van der Waals surface area contributed by atoms with Crippen LogP contribution in [0.15, 0.2) is 85.5 Å². The fourth-order valence-electron chi connectivity index (χ4n) is 7.97. The van der Waals surface area contributed by atoms with Crippen LogP contribution in [-0.4, -0.2) is 138 Å². The van der Waals surface area contributed by atoms with Crippen LogP contribution in [-0.2, 0) is 41.9 Å². The molecular weight excluding hydrogens is 1090 g/mol. The van der Waals surface area contributed by atoms with Crippen molar-refractivity contribution in [2.75, 3.05) is 46.6 Å². The number of nitrogens with one attached hydrogen (secondary N) is 3. The maximum atomic E-state index is 13.4. The van der Waals surface area contributed by atoms with Crippen molar-refractivity contribution in [2.45, 2.75) is 144 Å². The number of nitrogens with zero attached hydrogens (tertiary/aromatic N) is 7. The first-order valence-corrected chi connectivity index (χ1v) is 25.8. The maximum Gasteiger partial charge on any atom is 0.490 e. The van der Waals surface area contributed by atoms with Crippen molar-refractivity contribution in [3.63, 3.8) is 0 Å². The number of carboxylic acids is 2. The lowest BCUT2D eigenvalue weighted by atomic mass is 9.99. The van der Waals surface area contributed by atoms with Gasteiger partial charge in [-0.2, -0.15) is 26.3 Å². The fourth-order valence-corrected chi connectivity index (χ4v) is 7.97. The lowest BCUT2D eigenvalue weighted by Crippen LogP contribution is -2.43. The lowest BCUT2D eigenvalue weighted by Gasteiger charge is -2.27. The molecule has 0 aliphatic carbocycles. The van der Waals surface area contributed by atoms with E-state index in [1.807, 2.05) is 104 Å². The van der Waals surface area contributed by atoms with E-state index in [2.05, 4.69) is 25.9 Å². The van der Waals surface area contributed by atoms with Crippen molar-refractivity contribution in [2.24, 2.45) is 0 Å². The minimum absolute atomic E-state index is 0.124. The Morgan fingerprint density at radius 3 is 1.21 bits per heavy atom. The first kappa shape index (κ1) is 68.3. The summed E-state index contributed by atoms with van der Waals surface area (Å²) in [5, 5.41) is 23.4. The average molecular weight is 1160 g/mol. The number of aromatic nitrogens is 2. The number of likely N-dealkylation sites (N-methyl/N-ethyl adjacent to an activating group) is 1. The van der Waals surface area contributed by atoms with Crippen molar-refractivity contribution in [3.05, 3.63) is 108 Å². The van der Waals surface area contributed by atoms with Gasteiger partial charge in [-0.05, 0) is 144 Å². The number of hydrogen-bond donors (Lipinski definition) is 5. The van der Waals surface area contributed by atoms with Gasteiger partial charge in [0.2, 0.25) is 11.8 Å². The van der Waals surface area contributed by atoms with E-state index in [0.717, 1.165) is 35.3 Å². The van der Waals surface area contributed by atoms with E-state index >= 15 is 0 Å². The van der Waals surface area contributed by atoms with Gasteiger partial charge in [-0.3, -0.25) is 34.0 Å². The Labute approximate surface area is 472 Å². The van der Waals surface area contributed by atoms with Gasteiger partial charge in [-0.15, -0.1) is 0 Å². The van der Waals surface area contributed by atoms with Crippen LogP contribution in [0.2, 0.25) is 0 Å². The van der Waals surface area contributed by atoms with Gasteiger partial charge in [0.1, 0.15) is 11.1 Å². The summed E-state index contributed by atoms with van der Waals surface area (Å²) in [7, 11) is 0. The maximum absolute atomic E-state index is 13.4. The first-order valence-electron chi connectivity index (χ1n) is 25.8. The van der Waals surface area contributed by atoms with Crippen molar-refractivity contribution < 1.29 is 74.9 Å². The number of carbonyl (C=O) groups is 8. The van der Waals surface area contributed by atoms with Gasteiger partial charge in [0.05, 0.1) is 24.5 Å². The summed E-state index contributed by atoms with van der Waals surface area (Å²) in [5.74, 6) is -6.14. The van der Waals surface area contributed by atoms with E-state index in [1.165, 1.54) is 9.80 Å². The largest absolute Gasteiger partial charge is 0.490 e. The van der Waals surface area contributed by atoms with Gasteiger partial charge < -0.3 is 36.0 Å². The third-order valence-corrected chi connectivity index (χ3v) is 12.7. The molecule has 20 nitrogen and oxygen atoms in total. The molecule has 4 heterocycles. The molecule has 5 N–H and O–H groups in total. The second kappa shape index (κ2) is 28.1. The SMILES string of the molecule is CC(C)c1ccc(N2C(=O)N(Cc3ccncc3)C(C)(C)C2=O)cc1NC(=O)CNC(C)(C)C.CCN(CC)CC(=O)Nc1cc(N2C(=O)N(Cc3ccncc3)C(C)(C)C2=O)ccc1C(C)C.O=C(O)C(F)(F)F.O=C(O)C(F)(F)F. The number of rotatable bonds is 16. The van der Waals surface area contributed by atoms with Crippen LogP contribution >= 0.6 is 0 Å². The molecule has 8 amide bonds. The Bertz CT molecular complexity index is 2890. The number of alkyl halides is 6. The van der Waals surface area contributed by atoms with E-state index in [9.17, 15) is 55.1 Å². The standard InChI is InChI=1S/2C26H35N5O3.2C2HF3O2/c1-17(2)20-9-8-19(14-21(20)29-22(32)15-28-25(3,4)5)31-23(33)26(6,7)30(24(31)34)16-18-10-12-27-13-11-18;1-7-29(8-2)17-23(32)28-22-15-20(9-10-21(22)18(3)4)31-24(33)26(5,6)30(25(31)34)16-19-11-13-27-14-12-19;2*3-2(4,5)1(6)7/h8-14,17,28H,15-16H2,1-7H3,(H,29,32);9-15,18H,7-8,16-17H2,1-6H3,(H,28,32);2*(H,6,7). The molecule has 0 atom stereocenters. The molecule has 2 aromatic carbocycles. The number of anilines is 4.